The van der Waals surface area contributed by atoms with E-state index in [1.165, 1.54) is 0 Å². The maximum absolute atomic E-state index is 11.5. The van der Waals surface area contributed by atoms with Gasteiger partial charge in [0.1, 0.15) is 5.41 Å². The minimum atomic E-state index is -0.945. The molecule has 6 nitrogen and oxygen atoms in total. The van der Waals surface area contributed by atoms with Gasteiger partial charge in [0.2, 0.25) is 6.54 Å². The number of hydrogen-bond donors (Lipinski definition) is 1. The van der Waals surface area contributed by atoms with Crippen LogP contribution < -0.4 is 5.32 Å². The molecule has 0 saturated carbocycles. The van der Waals surface area contributed by atoms with Crippen molar-refractivity contribution in [3.63, 3.8) is 0 Å². The molecule has 1 aliphatic heterocycles. The van der Waals surface area contributed by atoms with Crippen molar-refractivity contribution in [2.24, 2.45) is 5.41 Å². The van der Waals surface area contributed by atoms with E-state index in [9.17, 15) is 14.9 Å². The highest BCUT2D eigenvalue weighted by Crippen LogP contribution is 2.27. The molecule has 1 unspecified atom stereocenters. The number of carbonyl (C=O) groups is 1. The minimum absolute atomic E-state index is 0.262. The van der Waals surface area contributed by atoms with E-state index in [-0.39, 0.29) is 13.2 Å². The standard InChI is InChI=1S/C8H14N2O4/c1-2-14-7(11)8(6-10(12)13)3-4-9-5-8/h9H,2-6H2,1H3. The molecule has 1 atom stereocenters. The van der Waals surface area contributed by atoms with Crippen LogP contribution in [0.4, 0.5) is 0 Å². The number of nitrogens with one attached hydrogen (secondary N) is 1. The second kappa shape index (κ2) is 4.36. The van der Waals surface area contributed by atoms with Gasteiger partial charge in [-0.15, -0.1) is 0 Å². The van der Waals surface area contributed by atoms with Crippen LogP contribution in [0.15, 0.2) is 0 Å². The van der Waals surface area contributed by atoms with Gasteiger partial charge >= 0.3 is 5.97 Å². The number of carbonyl (C=O) groups excluding carboxylic acids is 1. The lowest BCUT2D eigenvalue weighted by Crippen LogP contribution is -2.41. The molecule has 1 rings (SSSR count). The van der Waals surface area contributed by atoms with Crippen LogP contribution in [-0.2, 0) is 9.53 Å². The van der Waals surface area contributed by atoms with Gasteiger partial charge in [0, 0.05) is 11.5 Å². The third kappa shape index (κ3) is 2.20. The molecule has 0 amide bonds. The van der Waals surface area contributed by atoms with Gasteiger partial charge < -0.3 is 10.1 Å². The van der Waals surface area contributed by atoms with Gasteiger partial charge in [-0.25, -0.2) is 0 Å². The molecular formula is C8H14N2O4. The predicted octanol–water partition coefficient (Wildman–Crippen LogP) is -0.194. The van der Waals surface area contributed by atoms with E-state index in [0.717, 1.165) is 0 Å². The molecule has 0 bridgehead atoms. The van der Waals surface area contributed by atoms with Crippen molar-refractivity contribution in [3.8, 4) is 0 Å². The number of rotatable bonds is 4. The molecule has 0 aromatic heterocycles. The Morgan fingerprint density at radius 3 is 2.86 bits per heavy atom. The first-order chi connectivity index (χ1) is 6.60. The van der Waals surface area contributed by atoms with Crippen LogP contribution in [0, 0.1) is 15.5 Å². The Hall–Kier alpha value is -1.17. The van der Waals surface area contributed by atoms with E-state index in [4.69, 9.17) is 4.74 Å². The Bertz CT molecular complexity index is 235. The van der Waals surface area contributed by atoms with Crippen LogP contribution in [0.3, 0.4) is 0 Å². The first-order valence-corrected chi connectivity index (χ1v) is 4.60. The minimum Gasteiger partial charge on any atom is -0.465 e. The summed E-state index contributed by atoms with van der Waals surface area (Å²) in [6.45, 7) is 2.58. The molecule has 1 aliphatic rings. The molecule has 6 heteroatoms. The van der Waals surface area contributed by atoms with Crippen LogP contribution in [0.2, 0.25) is 0 Å². The molecule has 1 saturated heterocycles. The second-order valence-electron chi connectivity index (χ2n) is 3.42. The van der Waals surface area contributed by atoms with Crippen molar-refractivity contribution in [2.45, 2.75) is 13.3 Å². The lowest BCUT2D eigenvalue weighted by Gasteiger charge is -2.20. The molecule has 1 heterocycles. The van der Waals surface area contributed by atoms with Gasteiger partial charge in [-0.1, -0.05) is 0 Å². The zero-order chi connectivity index (χ0) is 10.6. The summed E-state index contributed by atoms with van der Waals surface area (Å²) < 4.78 is 4.85. The molecule has 0 aromatic carbocycles. The van der Waals surface area contributed by atoms with Crippen LogP contribution >= 0.6 is 0 Å². The monoisotopic (exact) mass is 202 g/mol. The quantitative estimate of drug-likeness (QED) is 0.388. The predicted molar refractivity (Wildman–Crippen MR) is 48.4 cm³/mol. The number of ether oxygens (including phenoxy) is 1. The zero-order valence-corrected chi connectivity index (χ0v) is 8.12. The average Bonchev–Trinajstić information content (AvgIpc) is 2.53. The SMILES string of the molecule is CCOC(=O)C1(C[N+](=O)[O-])CCNC1. The largest absolute Gasteiger partial charge is 0.465 e. The van der Waals surface area contributed by atoms with Crippen molar-refractivity contribution in [1.29, 1.82) is 0 Å². The number of nitro groups is 1. The highest BCUT2D eigenvalue weighted by molar-refractivity contribution is 5.77. The van der Waals surface area contributed by atoms with Gasteiger partial charge in [-0.3, -0.25) is 14.9 Å². The van der Waals surface area contributed by atoms with E-state index >= 15 is 0 Å². The fraction of sp³-hybridized carbons (Fsp3) is 0.875. The van der Waals surface area contributed by atoms with E-state index in [2.05, 4.69) is 5.32 Å². The van der Waals surface area contributed by atoms with Crippen molar-refractivity contribution >= 4 is 5.97 Å². The molecule has 0 radical (unpaired) electrons. The molecule has 0 aromatic rings. The maximum atomic E-state index is 11.5. The Balaban J connectivity index is 2.70. The molecule has 1 fully saturated rings. The van der Waals surface area contributed by atoms with Crippen molar-refractivity contribution in [2.75, 3.05) is 26.2 Å². The smallest absolute Gasteiger partial charge is 0.320 e. The average molecular weight is 202 g/mol. The normalized spacial score (nSPS) is 26.1. The summed E-state index contributed by atoms with van der Waals surface area (Å²) in [5.74, 6) is -0.457. The zero-order valence-electron chi connectivity index (χ0n) is 8.12. The maximum Gasteiger partial charge on any atom is 0.320 e. The fourth-order valence-corrected chi connectivity index (χ4v) is 1.65. The first-order valence-electron chi connectivity index (χ1n) is 4.60. The number of nitrogens with zero attached hydrogens (tertiary/aromatic N) is 1. The van der Waals surface area contributed by atoms with E-state index in [1.807, 2.05) is 0 Å². The number of esters is 1. The van der Waals surface area contributed by atoms with Crippen LogP contribution in [0.5, 0.6) is 0 Å². The Morgan fingerprint density at radius 2 is 2.43 bits per heavy atom. The highest BCUT2D eigenvalue weighted by atomic mass is 16.6. The summed E-state index contributed by atoms with van der Waals surface area (Å²) in [6, 6.07) is 0. The third-order valence-electron chi connectivity index (χ3n) is 2.38. The summed E-state index contributed by atoms with van der Waals surface area (Å²) in [5, 5.41) is 13.4. The van der Waals surface area contributed by atoms with Gasteiger partial charge in [-0.05, 0) is 19.9 Å². The molecule has 0 spiro atoms. The van der Waals surface area contributed by atoms with Crippen molar-refractivity contribution in [3.05, 3.63) is 10.1 Å². The third-order valence-corrected chi connectivity index (χ3v) is 2.38. The van der Waals surface area contributed by atoms with Crippen LogP contribution in [0.1, 0.15) is 13.3 Å². The van der Waals surface area contributed by atoms with E-state index < -0.39 is 16.3 Å². The van der Waals surface area contributed by atoms with E-state index in [1.54, 1.807) is 6.92 Å². The second-order valence-corrected chi connectivity index (χ2v) is 3.42. The van der Waals surface area contributed by atoms with Gasteiger partial charge in [0.25, 0.3) is 0 Å². The van der Waals surface area contributed by atoms with Crippen LogP contribution in [0.25, 0.3) is 0 Å². The molecular weight excluding hydrogens is 188 g/mol. The Morgan fingerprint density at radius 1 is 1.71 bits per heavy atom. The number of hydrogen-bond acceptors (Lipinski definition) is 5. The molecule has 0 aliphatic carbocycles. The molecule has 80 valence electrons. The van der Waals surface area contributed by atoms with Crippen molar-refractivity contribution < 1.29 is 14.5 Å². The Labute approximate surface area is 81.8 Å². The lowest BCUT2D eigenvalue weighted by atomic mass is 9.87. The summed E-state index contributed by atoms with van der Waals surface area (Å²) in [7, 11) is 0. The van der Waals surface area contributed by atoms with Crippen LogP contribution in [-0.4, -0.2) is 37.1 Å². The van der Waals surface area contributed by atoms with E-state index in [0.29, 0.717) is 19.5 Å². The Kier molecular flexibility index (Phi) is 3.40. The topological polar surface area (TPSA) is 81.5 Å². The summed E-state index contributed by atoms with van der Waals surface area (Å²) in [6.07, 6.45) is 0.479. The van der Waals surface area contributed by atoms with Gasteiger partial charge in [-0.2, -0.15) is 0 Å². The summed E-state index contributed by atoms with van der Waals surface area (Å²) in [5.41, 5.74) is -0.945. The van der Waals surface area contributed by atoms with Gasteiger partial charge in [0.15, 0.2) is 0 Å². The lowest BCUT2D eigenvalue weighted by molar-refractivity contribution is -0.493. The summed E-state index contributed by atoms with van der Waals surface area (Å²) >= 11 is 0. The van der Waals surface area contributed by atoms with Gasteiger partial charge in [0.05, 0.1) is 6.61 Å². The molecule has 1 N–H and O–H groups in total. The molecule has 14 heavy (non-hydrogen) atoms. The fourth-order valence-electron chi connectivity index (χ4n) is 1.65. The highest BCUT2D eigenvalue weighted by Gasteiger charge is 2.47. The summed E-state index contributed by atoms with van der Waals surface area (Å²) in [4.78, 5) is 21.5. The van der Waals surface area contributed by atoms with Crippen molar-refractivity contribution in [1.82, 2.24) is 5.32 Å². The first kappa shape index (κ1) is 10.9.